The summed E-state index contributed by atoms with van der Waals surface area (Å²) in [6, 6.07) is 0. The van der Waals surface area contributed by atoms with E-state index in [0.717, 1.165) is 32.4 Å². The molecule has 7 heteroatoms. The normalized spacial score (nSPS) is 11.6. The van der Waals surface area contributed by atoms with Gasteiger partial charge in [-0.1, -0.05) is 25.4 Å². The first kappa shape index (κ1) is 17.5. The number of hydrogen-bond acceptors (Lipinski definition) is 4. The van der Waals surface area contributed by atoms with Crippen molar-refractivity contribution in [1.82, 2.24) is 14.5 Å². The molecule has 0 amide bonds. The summed E-state index contributed by atoms with van der Waals surface area (Å²) in [5.41, 5.74) is 11.2. The molecule has 6 nitrogen and oxygen atoms in total. The molecule has 2 N–H and O–H groups in total. The Balaban J connectivity index is 2.23. The molecule has 132 valence electrons. The van der Waals surface area contributed by atoms with Gasteiger partial charge in [0.15, 0.2) is 6.20 Å². The molecule has 0 fully saturated rings. The van der Waals surface area contributed by atoms with Gasteiger partial charge >= 0.3 is 0 Å². The molecule has 0 saturated heterocycles. The number of aromatic nitrogens is 4. The van der Waals surface area contributed by atoms with Crippen LogP contribution in [0, 0.1) is 26.0 Å². The number of rotatable bonds is 3. The predicted octanol–water partition coefficient (Wildman–Crippen LogP) is 3.40. The Morgan fingerprint density at radius 1 is 1.24 bits per heavy atom. The second-order valence-corrected chi connectivity index (χ2v) is 7.13. The average Bonchev–Trinajstić information content (AvgIpc) is 2.88. The molecular formula is C18H22ClN5O. The second-order valence-electron chi connectivity index (χ2n) is 6.77. The van der Waals surface area contributed by atoms with Crippen LogP contribution in [0.4, 0.5) is 5.95 Å². The molecule has 0 unspecified atom stereocenters. The van der Waals surface area contributed by atoms with E-state index >= 15 is 0 Å². The van der Waals surface area contributed by atoms with Gasteiger partial charge < -0.3 is 15.5 Å². The van der Waals surface area contributed by atoms with Crippen LogP contribution < -0.4 is 10.5 Å². The van der Waals surface area contributed by atoms with Crippen LogP contribution in [-0.2, 0) is 6.54 Å². The first-order valence-corrected chi connectivity index (χ1v) is 8.59. The molecule has 25 heavy (non-hydrogen) atoms. The van der Waals surface area contributed by atoms with Crippen molar-refractivity contribution in [1.29, 1.82) is 0 Å². The number of fused-ring (bicyclic) bond motifs is 1. The zero-order valence-corrected chi connectivity index (χ0v) is 15.8. The third-order valence-corrected chi connectivity index (χ3v) is 5.10. The molecule has 3 rings (SSSR count). The van der Waals surface area contributed by atoms with Crippen LogP contribution in [0.3, 0.4) is 0 Å². The van der Waals surface area contributed by atoms with Gasteiger partial charge in [-0.05, 0) is 37.8 Å². The van der Waals surface area contributed by atoms with Gasteiger partial charge in [0, 0.05) is 17.3 Å². The van der Waals surface area contributed by atoms with E-state index in [-0.39, 0.29) is 11.9 Å². The molecule has 0 aliphatic heterocycles. The van der Waals surface area contributed by atoms with E-state index in [9.17, 15) is 5.21 Å². The lowest BCUT2D eigenvalue weighted by Gasteiger charge is -2.13. The second kappa shape index (κ2) is 6.19. The molecule has 0 radical (unpaired) electrons. The van der Waals surface area contributed by atoms with E-state index in [4.69, 9.17) is 17.3 Å². The highest BCUT2D eigenvalue weighted by molar-refractivity contribution is 6.34. The Labute approximate surface area is 151 Å². The number of nitrogen functional groups attached to an aromatic ring is 1. The molecule has 3 aromatic heterocycles. The maximum atomic E-state index is 12.4. The largest absolute Gasteiger partial charge is 0.618 e. The molecule has 0 aromatic carbocycles. The van der Waals surface area contributed by atoms with Crippen molar-refractivity contribution < 1.29 is 4.73 Å². The molecule has 3 heterocycles. The van der Waals surface area contributed by atoms with Gasteiger partial charge in [0.25, 0.3) is 0 Å². The molecular weight excluding hydrogens is 338 g/mol. The SMILES string of the molecule is Cc1c[n+]([O-])c(Cn2cc(C(C)C)c3c(Cl)nc(N)nc32)c(C)c1C. The molecule has 0 saturated carbocycles. The Bertz CT molecular complexity index is 978. The lowest BCUT2D eigenvalue weighted by atomic mass is 10.0. The Kier molecular flexibility index (Phi) is 4.33. The summed E-state index contributed by atoms with van der Waals surface area (Å²) in [4.78, 5) is 8.45. The summed E-state index contributed by atoms with van der Waals surface area (Å²) in [7, 11) is 0. The number of nitrogens with two attached hydrogens (primary N) is 1. The van der Waals surface area contributed by atoms with Crippen molar-refractivity contribution in [3.63, 3.8) is 0 Å². The van der Waals surface area contributed by atoms with Crippen molar-refractivity contribution in [2.45, 2.75) is 47.1 Å². The lowest BCUT2D eigenvalue weighted by Crippen LogP contribution is -2.35. The molecule has 0 atom stereocenters. The van der Waals surface area contributed by atoms with Gasteiger partial charge in [0.05, 0.1) is 5.39 Å². The van der Waals surface area contributed by atoms with Crippen molar-refractivity contribution in [3.8, 4) is 0 Å². The number of halogens is 1. The van der Waals surface area contributed by atoms with Crippen molar-refractivity contribution in [2.75, 3.05) is 5.73 Å². The Morgan fingerprint density at radius 3 is 2.56 bits per heavy atom. The fraction of sp³-hybridized carbons (Fsp3) is 0.389. The standard InChI is InChI=1S/C18H22ClN5O/c1-9(2)13-7-23(17-15(13)16(19)21-18(20)22-17)8-14-12(5)11(4)10(3)6-24(14)25/h6-7,9H,8H2,1-5H3,(H2,20,21,22). The summed E-state index contributed by atoms with van der Waals surface area (Å²) >= 11 is 6.33. The highest BCUT2D eigenvalue weighted by atomic mass is 35.5. The monoisotopic (exact) mass is 359 g/mol. The van der Waals surface area contributed by atoms with E-state index in [1.807, 2.05) is 31.5 Å². The Hall–Kier alpha value is -2.34. The third kappa shape index (κ3) is 2.91. The predicted molar refractivity (Wildman–Crippen MR) is 99.8 cm³/mol. The molecule has 0 aliphatic rings. The molecule has 3 aromatic rings. The molecule has 0 spiro atoms. The summed E-state index contributed by atoms with van der Waals surface area (Å²) in [6.45, 7) is 10.5. The van der Waals surface area contributed by atoms with Gasteiger partial charge in [0.2, 0.25) is 11.6 Å². The fourth-order valence-electron chi connectivity index (χ4n) is 3.12. The maximum absolute atomic E-state index is 12.4. The first-order chi connectivity index (χ1) is 11.7. The quantitative estimate of drug-likeness (QED) is 0.441. The number of nitrogens with zero attached hydrogens (tertiary/aromatic N) is 4. The van der Waals surface area contributed by atoms with E-state index in [2.05, 4.69) is 23.8 Å². The Morgan fingerprint density at radius 2 is 1.92 bits per heavy atom. The van der Waals surface area contributed by atoms with Crippen molar-refractivity contribution in [3.05, 3.63) is 50.7 Å². The van der Waals surface area contributed by atoms with Crippen LogP contribution in [0.15, 0.2) is 12.4 Å². The summed E-state index contributed by atoms with van der Waals surface area (Å²) in [5.74, 6) is 0.368. The summed E-state index contributed by atoms with van der Waals surface area (Å²) < 4.78 is 2.87. The first-order valence-electron chi connectivity index (χ1n) is 8.21. The smallest absolute Gasteiger partial charge is 0.223 e. The summed E-state index contributed by atoms with van der Waals surface area (Å²) in [6.07, 6.45) is 3.60. The number of hydrogen-bond donors (Lipinski definition) is 1. The minimum Gasteiger partial charge on any atom is -0.618 e. The van der Waals surface area contributed by atoms with Crippen LogP contribution in [-0.4, -0.2) is 14.5 Å². The van der Waals surface area contributed by atoms with Crippen LogP contribution in [0.2, 0.25) is 5.15 Å². The van der Waals surface area contributed by atoms with E-state index in [1.165, 1.54) is 0 Å². The van der Waals surface area contributed by atoms with E-state index < -0.39 is 0 Å². The van der Waals surface area contributed by atoms with E-state index in [0.29, 0.717) is 23.0 Å². The highest BCUT2D eigenvalue weighted by Crippen LogP contribution is 2.32. The number of aryl methyl sites for hydroxylation is 1. The fourth-order valence-corrected chi connectivity index (χ4v) is 3.40. The van der Waals surface area contributed by atoms with Gasteiger partial charge in [-0.15, -0.1) is 0 Å². The lowest BCUT2D eigenvalue weighted by molar-refractivity contribution is -0.615. The summed E-state index contributed by atoms with van der Waals surface area (Å²) in [5, 5.41) is 13.6. The van der Waals surface area contributed by atoms with Crippen LogP contribution in [0.1, 0.15) is 47.7 Å². The van der Waals surface area contributed by atoms with Crippen molar-refractivity contribution >= 4 is 28.6 Å². The van der Waals surface area contributed by atoms with E-state index in [1.54, 1.807) is 6.20 Å². The number of pyridine rings is 1. The van der Waals surface area contributed by atoms with Gasteiger partial charge in [-0.2, -0.15) is 9.71 Å². The molecule has 0 bridgehead atoms. The zero-order chi connectivity index (χ0) is 18.5. The van der Waals surface area contributed by atoms with Crippen molar-refractivity contribution in [2.24, 2.45) is 0 Å². The van der Waals surface area contributed by atoms with Gasteiger partial charge in [-0.3, -0.25) is 0 Å². The highest BCUT2D eigenvalue weighted by Gasteiger charge is 2.21. The van der Waals surface area contributed by atoms with Crippen LogP contribution in [0.5, 0.6) is 0 Å². The minimum absolute atomic E-state index is 0.124. The topological polar surface area (TPSA) is 83.7 Å². The minimum atomic E-state index is 0.124. The molecule has 0 aliphatic carbocycles. The van der Waals surface area contributed by atoms with Gasteiger partial charge in [0.1, 0.15) is 17.3 Å². The number of anilines is 1. The zero-order valence-electron chi connectivity index (χ0n) is 15.1. The van der Waals surface area contributed by atoms with Gasteiger partial charge in [-0.25, -0.2) is 4.98 Å². The maximum Gasteiger partial charge on any atom is 0.223 e. The van der Waals surface area contributed by atoms with Crippen LogP contribution in [0.25, 0.3) is 11.0 Å². The average molecular weight is 360 g/mol. The third-order valence-electron chi connectivity index (χ3n) is 4.82. The van der Waals surface area contributed by atoms with Crippen LogP contribution >= 0.6 is 11.6 Å².